The third kappa shape index (κ3) is 5.75. The Hall–Kier alpha value is -3.51. The van der Waals surface area contributed by atoms with Gasteiger partial charge >= 0.3 is 0 Å². The quantitative estimate of drug-likeness (QED) is 0.372. The molecule has 37 heavy (non-hydrogen) atoms. The molecule has 0 bridgehead atoms. The smallest absolute Gasteiger partial charge is 0.265 e. The van der Waals surface area contributed by atoms with E-state index >= 15 is 0 Å². The van der Waals surface area contributed by atoms with Crippen molar-refractivity contribution >= 4 is 32.6 Å². The summed E-state index contributed by atoms with van der Waals surface area (Å²) in [6.45, 7) is 0.589. The number of carbonyl (C=O) groups is 2. The van der Waals surface area contributed by atoms with Crippen molar-refractivity contribution in [2.45, 2.75) is 18.8 Å². The fraction of sp³-hybridized carbons (Fsp3) is 0.308. The number of ether oxygens (including phenoxy) is 1. The van der Waals surface area contributed by atoms with E-state index in [0.29, 0.717) is 5.75 Å². The van der Waals surface area contributed by atoms with Gasteiger partial charge in [-0.15, -0.1) is 0 Å². The van der Waals surface area contributed by atoms with Crippen LogP contribution in [0, 0.1) is 0 Å². The number of nitrogens with two attached hydrogens (primary N) is 2. The van der Waals surface area contributed by atoms with E-state index < -0.39 is 27.6 Å². The predicted molar refractivity (Wildman–Crippen MR) is 139 cm³/mol. The molecule has 1 aliphatic rings. The number of nitrogens with zero attached hydrogens (tertiary/aromatic N) is 2. The number of sulfonamides is 1. The van der Waals surface area contributed by atoms with Gasteiger partial charge in [-0.3, -0.25) is 14.5 Å². The van der Waals surface area contributed by atoms with E-state index in [1.807, 2.05) is 42.5 Å². The summed E-state index contributed by atoms with van der Waals surface area (Å²) in [5.74, 6) is -1.33. The highest BCUT2D eigenvalue weighted by Gasteiger charge is 2.43. The Labute approximate surface area is 215 Å². The van der Waals surface area contributed by atoms with E-state index in [0.717, 1.165) is 22.6 Å². The van der Waals surface area contributed by atoms with Gasteiger partial charge in [-0.05, 0) is 40.1 Å². The van der Waals surface area contributed by atoms with Crippen LogP contribution < -0.4 is 16.2 Å². The average molecular weight is 527 g/mol. The molecule has 11 heteroatoms. The van der Waals surface area contributed by atoms with Crippen molar-refractivity contribution in [2.24, 2.45) is 11.5 Å². The molecule has 3 aromatic carbocycles. The summed E-state index contributed by atoms with van der Waals surface area (Å²) in [6.07, 6.45) is 0.775. The summed E-state index contributed by atoms with van der Waals surface area (Å²) >= 11 is 0. The van der Waals surface area contributed by atoms with Crippen LogP contribution in [0.25, 0.3) is 10.8 Å². The van der Waals surface area contributed by atoms with Gasteiger partial charge in [0.2, 0.25) is 21.7 Å². The SMILES string of the molecule is CS(=O)(=O)N1CCN([C@](O)(Cc2cc(OCc3cccc4ccccc34)ccc2C(N)=O)C(N)=O)CC1. The number of benzene rings is 3. The van der Waals surface area contributed by atoms with E-state index in [9.17, 15) is 23.1 Å². The van der Waals surface area contributed by atoms with Crippen LogP contribution in [0.4, 0.5) is 0 Å². The number of hydrogen-bond donors (Lipinski definition) is 3. The largest absolute Gasteiger partial charge is 0.489 e. The maximum atomic E-state index is 12.5. The van der Waals surface area contributed by atoms with Gasteiger partial charge in [0.25, 0.3) is 5.91 Å². The molecule has 2 amide bonds. The Morgan fingerprint density at radius 3 is 2.30 bits per heavy atom. The van der Waals surface area contributed by atoms with Crippen molar-refractivity contribution in [3.05, 3.63) is 77.4 Å². The van der Waals surface area contributed by atoms with Gasteiger partial charge in [0, 0.05) is 38.2 Å². The number of hydrogen-bond acceptors (Lipinski definition) is 7. The minimum atomic E-state index is -3.41. The minimum Gasteiger partial charge on any atom is -0.489 e. The van der Waals surface area contributed by atoms with Crippen LogP contribution in [0.2, 0.25) is 0 Å². The second kappa shape index (κ2) is 10.5. The molecule has 3 aromatic rings. The van der Waals surface area contributed by atoms with Gasteiger partial charge in [-0.25, -0.2) is 8.42 Å². The summed E-state index contributed by atoms with van der Waals surface area (Å²) in [5, 5.41) is 13.5. The molecule has 0 aliphatic carbocycles. The van der Waals surface area contributed by atoms with Crippen molar-refractivity contribution in [3.8, 4) is 5.75 Å². The first-order valence-corrected chi connectivity index (χ1v) is 13.6. The molecule has 1 aliphatic heterocycles. The zero-order valence-corrected chi connectivity index (χ0v) is 21.3. The fourth-order valence-corrected chi connectivity index (χ4v) is 5.46. The van der Waals surface area contributed by atoms with E-state index in [2.05, 4.69) is 0 Å². The number of rotatable bonds is 9. The van der Waals surface area contributed by atoms with E-state index in [4.69, 9.17) is 16.2 Å². The van der Waals surface area contributed by atoms with Crippen molar-refractivity contribution in [2.75, 3.05) is 32.4 Å². The zero-order valence-electron chi connectivity index (χ0n) is 20.5. The van der Waals surface area contributed by atoms with Crippen LogP contribution in [0.5, 0.6) is 5.75 Å². The molecule has 1 saturated heterocycles. The van der Waals surface area contributed by atoms with Crippen molar-refractivity contribution in [1.82, 2.24) is 9.21 Å². The first-order valence-electron chi connectivity index (χ1n) is 11.7. The monoisotopic (exact) mass is 526 g/mol. The standard InChI is InChI=1S/C26H30N4O6S/c1-37(34,35)30-13-11-29(12-14-30)26(33,25(28)32)16-20-15-21(9-10-23(20)24(27)31)36-17-19-7-4-6-18-5-2-3-8-22(18)19/h2-10,15,33H,11-14,16-17H2,1H3,(H2,27,31)(H2,28,32)/t26-/m0/s1. The maximum absolute atomic E-state index is 12.5. The molecular formula is C26H30N4O6S. The van der Waals surface area contributed by atoms with Gasteiger partial charge in [0.1, 0.15) is 12.4 Å². The van der Waals surface area contributed by atoms with Crippen LogP contribution in [-0.2, 0) is 27.8 Å². The predicted octanol–water partition coefficient (Wildman–Crippen LogP) is 0.811. The molecule has 1 atom stereocenters. The third-order valence-electron chi connectivity index (χ3n) is 6.68. The van der Waals surface area contributed by atoms with Gasteiger partial charge in [0.15, 0.2) is 0 Å². The molecule has 0 aromatic heterocycles. The van der Waals surface area contributed by atoms with Crippen molar-refractivity contribution in [3.63, 3.8) is 0 Å². The highest BCUT2D eigenvalue weighted by molar-refractivity contribution is 7.88. The van der Waals surface area contributed by atoms with Gasteiger partial charge in [-0.2, -0.15) is 4.31 Å². The third-order valence-corrected chi connectivity index (χ3v) is 7.98. The van der Waals surface area contributed by atoms with Gasteiger partial charge in [-0.1, -0.05) is 42.5 Å². The summed E-state index contributed by atoms with van der Waals surface area (Å²) in [4.78, 5) is 26.0. The zero-order chi connectivity index (χ0) is 26.8. The fourth-order valence-electron chi connectivity index (χ4n) is 4.64. The molecule has 10 nitrogen and oxygen atoms in total. The first-order chi connectivity index (χ1) is 17.5. The topological polar surface area (TPSA) is 156 Å². The highest BCUT2D eigenvalue weighted by atomic mass is 32.2. The number of primary amides is 2. The number of aliphatic hydroxyl groups is 1. The van der Waals surface area contributed by atoms with Gasteiger partial charge < -0.3 is 21.3 Å². The Morgan fingerprint density at radius 1 is 0.973 bits per heavy atom. The normalized spacial score (nSPS) is 16.8. The average Bonchev–Trinajstić information content (AvgIpc) is 2.86. The number of amides is 2. The number of fused-ring (bicyclic) bond motifs is 1. The van der Waals surface area contributed by atoms with E-state index in [1.165, 1.54) is 15.3 Å². The lowest BCUT2D eigenvalue weighted by Gasteiger charge is -2.42. The Kier molecular flexibility index (Phi) is 7.51. The Morgan fingerprint density at radius 2 is 1.65 bits per heavy atom. The molecule has 5 N–H and O–H groups in total. The Balaban J connectivity index is 1.58. The van der Waals surface area contributed by atoms with Crippen LogP contribution in [0.1, 0.15) is 21.5 Å². The minimum absolute atomic E-state index is 0.0791. The van der Waals surface area contributed by atoms with E-state index in [1.54, 1.807) is 12.1 Å². The second-order valence-corrected chi connectivity index (χ2v) is 11.1. The lowest BCUT2D eigenvalue weighted by atomic mass is 9.94. The lowest BCUT2D eigenvalue weighted by Crippen LogP contribution is -2.64. The molecule has 0 radical (unpaired) electrons. The molecule has 1 heterocycles. The van der Waals surface area contributed by atoms with E-state index in [-0.39, 0.29) is 50.3 Å². The lowest BCUT2D eigenvalue weighted by molar-refractivity contribution is -0.163. The summed E-state index contributed by atoms with van der Waals surface area (Å²) in [5.41, 5.74) is 10.4. The van der Waals surface area contributed by atoms with Crippen LogP contribution in [0.15, 0.2) is 60.7 Å². The summed E-state index contributed by atoms with van der Waals surface area (Å²) in [6, 6.07) is 18.5. The second-order valence-electron chi connectivity index (χ2n) is 9.12. The molecule has 1 fully saturated rings. The van der Waals surface area contributed by atoms with Crippen LogP contribution >= 0.6 is 0 Å². The number of piperazine rings is 1. The highest BCUT2D eigenvalue weighted by Crippen LogP contribution is 2.27. The van der Waals surface area contributed by atoms with Crippen LogP contribution in [0.3, 0.4) is 0 Å². The summed E-state index contributed by atoms with van der Waals surface area (Å²) < 4.78 is 31.0. The van der Waals surface area contributed by atoms with Crippen molar-refractivity contribution in [1.29, 1.82) is 0 Å². The Bertz CT molecular complexity index is 1430. The molecule has 0 unspecified atom stereocenters. The maximum Gasteiger partial charge on any atom is 0.265 e. The molecule has 0 spiro atoms. The molecule has 0 saturated carbocycles. The van der Waals surface area contributed by atoms with Crippen molar-refractivity contribution < 1.29 is 27.9 Å². The van der Waals surface area contributed by atoms with Crippen LogP contribution in [-0.4, -0.2) is 72.7 Å². The first kappa shape index (κ1) is 26.6. The molecular weight excluding hydrogens is 496 g/mol. The summed E-state index contributed by atoms with van der Waals surface area (Å²) in [7, 11) is -3.41. The molecule has 4 rings (SSSR count). The number of carbonyl (C=O) groups excluding carboxylic acids is 2. The molecule has 196 valence electrons. The van der Waals surface area contributed by atoms with Gasteiger partial charge in [0.05, 0.1) is 6.26 Å².